The molecule has 0 amide bonds. The van der Waals surface area contributed by atoms with Crippen LogP contribution in [0.5, 0.6) is 0 Å². The molecule has 3 nitrogen and oxygen atoms in total. The number of aliphatic hydroxyl groups excluding tert-OH is 1. The van der Waals surface area contributed by atoms with Crippen molar-refractivity contribution in [1.29, 1.82) is 0 Å². The van der Waals surface area contributed by atoms with Gasteiger partial charge in [-0.2, -0.15) is 0 Å². The van der Waals surface area contributed by atoms with Crippen LogP contribution in [0.25, 0.3) is 0 Å². The van der Waals surface area contributed by atoms with Gasteiger partial charge < -0.3 is 10.4 Å². The van der Waals surface area contributed by atoms with Crippen molar-refractivity contribution in [2.75, 3.05) is 19.6 Å². The molecular weight excluding hydrogens is 260 g/mol. The Bertz CT molecular complexity index is 319. The Labute approximate surface area is 130 Å². The highest BCUT2D eigenvalue weighted by atomic mass is 16.3. The van der Waals surface area contributed by atoms with Crippen LogP contribution >= 0.6 is 0 Å². The van der Waals surface area contributed by atoms with Crippen molar-refractivity contribution in [1.82, 2.24) is 10.2 Å². The first kappa shape index (κ1) is 15.8. The number of piperidine rings is 1. The number of fused-ring (bicyclic) bond motifs is 2. The molecule has 3 fully saturated rings. The van der Waals surface area contributed by atoms with Gasteiger partial charge in [0.2, 0.25) is 0 Å². The normalized spacial score (nSPS) is 44.1. The van der Waals surface area contributed by atoms with Crippen LogP contribution in [0.15, 0.2) is 0 Å². The van der Waals surface area contributed by atoms with Crippen LogP contribution < -0.4 is 5.32 Å². The number of aliphatic hydroxyl groups is 1. The zero-order chi connectivity index (χ0) is 14.9. The number of nitrogens with zero attached hydrogens (tertiary/aromatic N) is 1. The average molecular weight is 294 g/mol. The quantitative estimate of drug-likeness (QED) is 0.818. The summed E-state index contributed by atoms with van der Waals surface area (Å²) in [6.45, 7) is 8.19. The van der Waals surface area contributed by atoms with Crippen molar-refractivity contribution < 1.29 is 5.11 Å². The van der Waals surface area contributed by atoms with Gasteiger partial charge >= 0.3 is 0 Å². The Morgan fingerprint density at radius 3 is 2.29 bits per heavy atom. The second kappa shape index (κ2) is 6.55. The van der Waals surface area contributed by atoms with Gasteiger partial charge in [0.15, 0.2) is 0 Å². The smallest absolute Gasteiger partial charge is 0.0570 e. The first-order chi connectivity index (χ1) is 10.1. The van der Waals surface area contributed by atoms with Gasteiger partial charge in [-0.15, -0.1) is 0 Å². The third kappa shape index (κ3) is 3.46. The molecule has 2 bridgehead atoms. The Hall–Kier alpha value is -0.120. The molecule has 2 saturated heterocycles. The summed E-state index contributed by atoms with van der Waals surface area (Å²) in [5.41, 5.74) is 0.492. The molecule has 21 heavy (non-hydrogen) atoms. The fourth-order valence-corrected chi connectivity index (χ4v) is 5.05. The van der Waals surface area contributed by atoms with E-state index in [2.05, 4.69) is 24.1 Å². The Kier molecular flexibility index (Phi) is 4.92. The third-order valence-electron chi connectivity index (χ3n) is 6.46. The van der Waals surface area contributed by atoms with Gasteiger partial charge in [0.25, 0.3) is 0 Å². The maximum atomic E-state index is 10.0. The average Bonchev–Trinajstić information content (AvgIpc) is 2.71. The van der Waals surface area contributed by atoms with E-state index >= 15 is 0 Å². The lowest BCUT2D eigenvalue weighted by Gasteiger charge is -2.47. The van der Waals surface area contributed by atoms with Crippen molar-refractivity contribution in [2.24, 2.45) is 11.3 Å². The molecule has 0 spiro atoms. The van der Waals surface area contributed by atoms with Crippen LogP contribution in [0, 0.1) is 11.3 Å². The molecule has 1 aliphatic carbocycles. The highest BCUT2D eigenvalue weighted by Gasteiger charge is 2.44. The standard InChI is InChI=1S/C18H34N2O/c1-3-19-12-18(8-6-14(2)7-9-18)13-20-15-4-5-16(20)11-17(21)10-15/h14-17,19,21H,3-13H2,1-2H3. The maximum Gasteiger partial charge on any atom is 0.0570 e. The molecule has 0 aromatic rings. The summed E-state index contributed by atoms with van der Waals surface area (Å²) in [6, 6.07) is 1.33. The minimum absolute atomic E-state index is 0.0326. The predicted molar refractivity (Wildman–Crippen MR) is 87.4 cm³/mol. The van der Waals surface area contributed by atoms with E-state index in [-0.39, 0.29) is 6.10 Å². The largest absolute Gasteiger partial charge is 0.393 e. The molecule has 2 N–H and O–H groups in total. The van der Waals surface area contributed by atoms with E-state index in [1.807, 2.05) is 0 Å². The lowest BCUT2D eigenvalue weighted by molar-refractivity contribution is -0.00338. The van der Waals surface area contributed by atoms with E-state index in [1.54, 1.807) is 0 Å². The first-order valence-corrected chi connectivity index (χ1v) is 9.26. The fourth-order valence-electron chi connectivity index (χ4n) is 5.05. The Morgan fingerprint density at radius 1 is 1.10 bits per heavy atom. The topological polar surface area (TPSA) is 35.5 Å². The monoisotopic (exact) mass is 294 g/mol. The van der Waals surface area contributed by atoms with Crippen molar-refractivity contribution in [3.63, 3.8) is 0 Å². The van der Waals surface area contributed by atoms with Gasteiger partial charge in [0, 0.05) is 25.2 Å². The lowest BCUT2D eigenvalue weighted by atomic mass is 9.70. The first-order valence-electron chi connectivity index (χ1n) is 9.26. The van der Waals surface area contributed by atoms with E-state index in [9.17, 15) is 5.11 Å². The summed E-state index contributed by atoms with van der Waals surface area (Å²) in [5.74, 6) is 0.916. The fraction of sp³-hybridized carbons (Fsp3) is 1.00. The van der Waals surface area contributed by atoms with Crippen LogP contribution in [0.4, 0.5) is 0 Å². The van der Waals surface area contributed by atoms with Gasteiger partial charge in [-0.1, -0.05) is 26.7 Å². The minimum atomic E-state index is -0.0326. The van der Waals surface area contributed by atoms with Crippen LogP contribution in [-0.2, 0) is 0 Å². The van der Waals surface area contributed by atoms with Gasteiger partial charge in [0.1, 0.15) is 0 Å². The molecule has 2 atom stereocenters. The summed E-state index contributed by atoms with van der Waals surface area (Å²) < 4.78 is 0. The summed E-state index contributed by atoms with van der Waals surface area (Å²) in [5, 5.41) is 13.7. The van der Waals surface area contributed by atoms with E-state index in [0.717, 1.165) is 25.3 Å². The number of hydrogen-bond acceptors (Lipinski definition) is 3. The van der Waals surface area contributed by atoms with Gasteiger partial charge in [-0.3, -0.25) is 4.90 Å². The van der Waals surface area contributed by atoms with Crippen LogP contribution in [0.3, 0.4) is 0 Å². The van der Waals surface area contributed by atoms with Gasteiger partial charge in [0.05, 0.1) is 6.10 Å². The van der Waals surface area contributed by atoms with Crippen LogP contribution in [0.1, 0.15) is 65.2 Å². The molecule has 2 unspecified atom stereocenters. The molecule has 0 radical (unpaired) electrons. The summed E-state index contributed by atoms with van der Waals surface area (Å²) >= 11 is 0. The predicted octanol–water partition coefficient (Wildman–Crippen LogP) is 2.78. The van der Waals surface area contributed by atoms with Crippen molar-refractivity contribution in [3.8, 4) is 0 Å². The highest BCUT2D eigenvalue weighted by Crippen LogP contribution is 2.43. The Morgan fingerprint density at radius 2 is 1.71 bits per heavy atom. The maximum absolute atomic E-state index is 10.0. The van der Waals surface area contributed by atoms with E-state index in [0.29, 0.717) is 17.5 Å². The summed E-state index contributed by atoms with van der Waals surface area (Å²) in [4.78, 5) is 2.79. The van der Waals surface area contributed by atoms with E-state index in [1.165, 1.54) is 51.6 Å². The van der Waals surface area contributed by atoms with E-state index < -0.39 is 0 Å². The van der Waals surface area contributed by atoms with Crippen LogP contribution in [-0.4, -0.2) is 47.8 Å². The molecule has 122 valence electrons. The zero-order valence-corrected chi connectivity index (χ0v) is 14.0. The van der Waals surface area contributed by atoms with Crippen molar-refractivity contribution in [2.45, 2.75) is 83.4 Å². The number of rotatable bonds is 5. The molecule has 3 aliphatic rings. The Balaban J connectivity index is 1.67. The highest BCUT2D eigenvalue weighted by molar-refractivity contribution is 4.99. The molecule has 2 aliphatic heterocycles. The second-order valence-corrected chi connectivity index (χ2v) is 8.15. The lowest BCUT2D eigenvalue weighted by Crippen LogP contribution is -2.52. The molecule has 0 aromatic heterocycles. The molecule has 0 aromatic carbocycles. The van der Waals surface area contributed by atoms with Crippen molar-refractivity contribution in [3.05, 3.63) is 0 Å². The molecule has 1 saturated carbocycles. The zero-order valence-electron chi connectivity index (χ0n) is 14.0. The third-order valence-corrected chi connectivity index (χ3v) is 6.46. The van der Waals surface area contributed by atoms with Crippen LogP contribution in [0.2, 0.25) is 0 Å². The SMILES string of the molecule is CCNCC1(CN2C3CCC2CC(O)C3)CCC(C)CC1. The van der Waals surface area contributed by atoms with Gasteiger partial charge in [-0.05, 0) is 56.4 Å². The minimum Gasteiger partial charge on any atom is -0.393 e. The molecule has 2 heterocycles. The second-order valence-electron chi connectivity index (χ2n) is 8.15. The van der Waals surface area contributed by atoms with Crippen molar-refractivity contribution >= 4 is 0 Å². The molecular formula is C18H34N2O. The van der Waals surface area contributed by atoms with Gasteiger partial charge in [-0.25, -0.2) is 0 Å². The van der Waals surface area contributed by atoms with E-state index in [4.69, 9.17) is 0 Å². The molecule has 3 heteroatoms. The molecule has 3 rings (SSSR count). The summed E-state index contributed by atoms with van der Waals surface area (Å²) in [6.07, 6.45) is 10.2. The number of hydrogen-bond donors (Lipinski definition) is 2. The summed E-state index contributed by atoms with van der Waals surface area (Å²) in [7, 11) is 0. The number of nitrogens with one attached hydrogen (secondary N) is 1.